The van der Waals surface area contributed by atoms with E-state index in [2.05, 4.69) is 0 Å². The lowest BCUT2D eigenvalue weighted by Gasteiger charge is -2.16. The van der Waals surface area contributed by atoms with Crippen molar-refractivity contribution in [3.63, 3.8) is 0 Å². The summed E-state index contributed by atoms with van der Waals surface area (Å²) in [4.78, 5) is 26.0. The van der Waals surface area contributed by atoms with Crippen LogP contribution in [0.5, 0.6) is 5.75 Å². The van der Waals surface area contributed by atoms with E-state index in [1.807, 2.05) is 36.4 Å². The molecular weight excluding hydrogens is 358 g/mol. The molecule has 0 saturated heterocycles. The second kappa shape index (κ2) is 7.60. The lowest BCUT2D eigenvalue weighted by Crippen LogP contribution is -2.33. The van der Waals surface area contributed by atoms with E-state index in [1.165, 1.54) is 12.2 Å². The first-order valence-corrected chi connectivity index (χ1v) is 8.95. The van der Waals surface area contributed by atoms with Gasteiger partial charge in [0.15, 0.2) is 17.9 Å². The van der Waals surface area contributed by atoms with Crippen molar-refractivity contribution in [2.75, 3.05) is 25.2 Å². The van der Waals surface area contributed by atoms with E-state index in [4.69, 9.17) is 13.9 Å². The van der Waals surface area contributed by atoms with Crippen LogP contribution in [-0.4, -0.2) is 32.1 Å². The number of benzene rings is 2. The van der Waals surface area contributed by atoms with Gasteiger partial charge in [0, 0.05) is 23.7 Å². The molecule has 0 unspecified atom stereocenters. The summed E-state index contributed by atoms with van der Waals surface area (Å²) in [5.74, 6) is 0.279. The first kappa shape index (κ1) is 17.9. The van der Waals surface area contributed by atoms with Crippen LogP contribution < -0.4 is 9.64 Å². The molecule has 28 heavy (non-hydrogen) atoms. The molecule has 1 aromatic heterocycles. The van der Waals surface area contributed by atoms with Crippen LogP contribution in [0.1, 0.15) is 11.3 Å². The van der Waals surface area contributed by atoms with Gasteiger partial charge in [-0.05, 0) is 36.3 Å². The molecule has 1 aliphatic rings. The van der Waals surface area contributed by atoms with Crippen molar-refractivity contribution in [1.82, 2.24) is 0 Å². The number of fused-ring (bicyclic) bond motifs is 2. The summed E-state index contributed by atoms with van der Waals surface area (Å²) in [5.41, 5.74) is 2.62. The van der Waals surface area contributed by atoms with Crippen molar-refractivity contribution in [3.05, 3.63) is 65.9 Å². The summed E-state index contributed by atoms with van der Waals surface area (Å²) in [6.07, 6.45) is 3.57. The third-order valence-electron chi connectivity index (χ3n) is 4.66. The average molecular weight is 377 g/mol. The number of carbonyl (C=O) groups excluding carboxylic acids is 2. The molecule has 1 amide bonds. The number of hydrogen-bond acceptors (Lipinski definition) is 5. The maximum Gasteiger partial charge on any atom is 0.331 e. The Morgan fingerprint density at radius 2 is 2.04 bits per heavy atom. The Morgan fingerprint density at radius 1 is 1.18 bits per heavy atom. The topological polar surface area (TPSA) is 69.0 Å². The van der Waals surface area contributed by atoms with E-state index in [0.29, 0.717) is 23.6 Å². The Morgan fingerprint density at radius 3 is 2.89 bits per heavy atom. The first-order chi connectivity index (χ1) is 13.7. The molecule has 1 aliphatic heterocycles. The van der Waals surface area contributed by atoms with Gasteiger partial charge in [0.2, 0.25) is 0 Å². The molecule has 4 rings (SSSR count). The summed E-state index contributed by atoms with van der Waals surface area (Å²) < 4.78 is 16.0. The molecule has 142 valence electrons. The predicted molar refractivity (Wildman–Crippen MR) is 105 cm³/mol. The number of hydrogen-bond donors (Lipinski definition) is 0. The average Bonchev–Trinajstić information content (AvgIpc) is 3.34. The van der Waals surface area contributed by atoms with Crippen molar-refractivity contribution in [2.24, 2.45) is 0 Å². The standard InChI is InChI=1S/C22H19NO5/c1-26-19-8-4-6-16-13-17(28-22(16)19)9-10-21(25)27-14-20(24)23-12-11-15-5-2-3-7-18(15)23/h2-10,13H,11-12,14H2,1H3. The second-order valence-corrected chi connectivity index (χ2v) is 6.39. The third-order valence-corrected chi connectivity index (χ3v) is 4.66. The van der Waals surface area contributed by atoms with Gasteiger partial charge in [0.1, 0.15) is 5.76 Å². The van der Waals surface area contributed by atoms with Gasteiger partial charge in [-0.1, -0.05) is 30.3 Å². The Bertz CT molecular complexity index is 1070. The summed E-state index contributed by atoms with van der Waals surface area (Å²) in [5, 5.41) is 0.871. The van der Waals surface area contributed by atoms with Gasteiger partial charge in [0.05, 0.1) is 7.11 Å². The number of methoxy groups -OCH3 is 1. The van der Waals surface area contributed by atoms with E-state index >= 15 is 0 Å². The van der Waals surface area contributed by atoms with Gasteiger partial charge in [-0.25, -0.2) is 4.79 Å². The maximum atomic E-state index is 12.4. The largest absolute Gasteiger partial charge is 0.493 e. The Kier molecular flexibility index (Phi) is 4.85. The highest BCUT2D eigenvalue weighted by Crippen LogP contribution is 2.29. The van der Waals surface area contributed by atoms with Crippen LogP contribution in [0.2, 0.25) is 0 Å². The van der Waals surface area contributed by atoms with Crippen LogP contribution in [0.15, 0.2) is 59.0 Å². The number of carbonyl (C=O) groups is 2. The summed E-state index contributed by atoms with van der Waals surface area (Å²) in [7, 11) is 1.57. The molecule has 3 aromatic rings. The molecule has 0 bridgehead atoms. The lowest BCUT2D eigenvalue weighted by molar-refractivity contribution is -0.142. The van der Waals surface area contributed by atoms with E-state index < -0.39 is 5.97 Å². The minimum absolute atomic E-state index is 0.236. The SMILES string of the molecule is COc1cccc2cc(C=CC(=O)OCC(=O)N3CCc4ccccc43)oc12. The molecule has 6 nitrogen and oxygen atoms in total. The van der Waals surface area contributed by atoms with Crippen molar-refractivity contribution in [3.8, 4) is 5.75 Å². The third kappa shape index (κ3) is 3.49. The highest BCUT2D eigenvalue weighted by atomic mass is 16.5. The van der Waals surface area contributed by atoms with E-state index in [-0.39, 0.29) is 12.5 Å². The second-order valence-electron chi connectivity index (χ2n) is 6.39. The van der Waals surface area contributed by atoms with Crippen molar-refractivity contribution in [1.29, 1.82) is 0 Å². The Hall–Kier alpha value is -3.54. The Balaban J connectivity index is 1.36. The fourth-order valence-corrected chi connectivity index (χ4v) is 3.31. The van der Waals surface area contributed by atoms with E-state index in [1.54, 1.807) is 24.1 Å². The molecule has 2 aromatic carbocycles. The summed E-state index contributed by atoms with van der Waals surface area (Å²) in [6.45, 7) is 0.303. The molecule has 0 radical (unpaired) electrons. The minimum atomic E-state index is -0.603. The highest BCUT2D eigenvalue weighted by molar-refractivity contribution is 5.98. The number of rotatable bonds is 5. The zero-order valence-corrected chi connectivity index (χ0v) is 15.4. The molecule has 0 aliphatic carbocycles. The zero-order valence-electron chi connectivity index (χ0n) is 15.4. The number of esters is 1. The van der Waals surface area contributed by atoms with Crippen LogP contribution in [0.25, 0.3) is 17.0 Å². The van der Waals surface area contributed by atoms with Gasteiger partial charge in [0.25, 0.3) is 5.91 Å². The number of nitrogens with zero attached hydrogens (tertiary/aromatic N) is 1. The number of amides is 1. The van der Waals surface area contributed by atoms with Crippen LogP contribution >= 0.6 is 0 Å². The van der Waals surface area contributed by atoms with Crippen molar-refractivity contribution in [2.45, 2.75) is 6.42 Å². The van der Waals surface area contributed by atoms with Crippen LogP contribution in [0.4, 0.5) is 5.69 Å². The number of para-hydroxylation sites is 2. The molecule has 0 fully saturated rings. The fourth-order valence-electron chi connectivity index (χ4n) is 3.31. The number of anilines is 1. The zero-order chi connectivity index (χ0) is 19.5. The first-order valence-electron chi connectivity index (χ1n) is 8.95. The number of ether oxygens (including phenoxy) is 2. The van der Waals surface area contributed by atoms with Crippen molar-refractivity contribution < 1.29 is 23.5 Å². The van der Waals surface area contributed by atoms with Crippen LogP contribution in [0.3, 0.4) is 0 Å². The summed E-state index contributed by atoms with van der Waals surface area (Å²) in [6, 6.07) is 15.1. The molecule has 6 heteroatoms. The normalized spacial score (nSPS) is 13.1. The Labute approximate surface area is 161 Å². The van der Waals surface area contributed by atoms with Gasteiger partial charge >= 0.3 is 5.97 Å². The minimum Gasteiger partial charge on any atom is -0.493 e. The molecule has 0 saturated carbocycles. The van der Waals surface area contributed by atoms with Gasteiger partial charge in [-0.15, -0.1) is 0 Å². The van der Waals surface area contributed by atoms with Crippen LogP contribution in [-0.2, 0) is 20.7 Å². The van der Waals surface area contributed by atoms with Crippen LogP contribution in [0, 0.1) is 0 Å². The smallest absolute Gasteiger partial charge is 0.331 e. The van der Waals surface area contributed by atoms with Gasteiger partial charge in [-0.3, -0.25) is 4.79 Å². The fraction of sp³-hybridized carbons (Fsp3) is 0.182. The lowest BCUT2D eigenvalue weighted by atomic mass is 10.2. The highest BCUT2D eigenvalue weighted by Gasteiger charge is 2.24. The predicted octanol–water partition coefficient (Wildman–Crippen LogP) is 3.59. The maximum absolute atomic E-state index is 12.4. The molecule has 2 heterocycles. The molecule has 0 spiro atoms. The quantitative estimate of drug-likeness (QED) is 0.502. The molecule has 0 atom stereocenters. The number of furan rings is 1. The molecule has 0 N–H and O–H groups in total. The summed E-state index contributed by atoms with van der Waals surface area (Å²) >= 11 is 0. The van der Waals surface area contributed by atoms with E-state index in [9.17, 15) is 9.59 Å². The van der Waals surface area contributed by atoms with Gasteiger partial charge < -0.3 is 18.8 Å². The van der Waals surface area contributed by atoms with Gasteiger partial charge in [-0.2, -0.15) is 0 Å². The monoisotopic (exact) mass is 377 g/mol. The molecular formula is C22H19NO5. The van der Waals surface area contributed by atoms with E-state index in [0.717, 1.165) is 23.1 Å². The van der Waals surface area contributed by atoms with Crippen molar-refractivity contribution >= 4 is 34.6 Å².